The zero-order chi connectivity index (χ0) is 13.0. The summed E-state index contributed by atoms with van der Waals surface area (Å²) in [7, 11) is 0. The number of aromatic nitrogens is 2. The van der Waals surface area contributed by atoms with Crippen LogP contribution in [0.2, 0.25) is 5.15 Å². The molecular weight excluding hydrogens is 266 g/mol. The van der Waals surface area contributed by atoms with Gasteiger partial charge in [-0.2, -0.15) is 0 Å². The number of hydrogen-bond acceptors (Lipinski definition) is 4. The molecule has 0 saturated heterocycles. The molecule has 0 radical (unpaired) electrons. The van der Waals surface area contributed by atoms with Crippen molar-refractivity contribution in [1.82, 2.24) is 9.97 Å². The number of anilines is 2. The van der Waals surface area contributed by atoms with Crippen molar-refractivity contribution in [2.75, 3.05) is 11.6 Å². The SMILES string of the molecule is CCc1nc(Cl)cc(Nc2ccccc2SC)n1. The van der Waals surface area contributed by atoms with Gasteiger partial charge in [0.25, 0.3) is 0 Å². The predicted octanol–water partition coefficient (Wildman–Crippen LogP) is 4.16. The Morgan fingerprint density at radius 1 is 1.28 bits per heavy atom. The normalized spacial score (nSPS) is 10.4. The highest BCUT2D eigenvalue weighted by molar-refractivity contribution is 7.98. The molecule has 18 heavy (non-hydrogen) atoms. The van der Waals surface area contributed by atoms with Gasteiger partial charge in [-0.05, 0) is 18.4 Å². The Kier molecular flexibility index (Phi) is 4.44. The van der Waals surface area contributed by atoms with Crippen LogP contribution < -0.4 is 5.32 Å². The number of benzene rings is 1. The molecule has 0 atom stereocenters. The molecule has 0 spiro atoms. The van der Waals surface area contributed by atoms with E-state index in [1.54, 1.807) is 17.8 Å². The van der Waals surface area contributed by atoms with Gasteiger partial charge in [0.1, 0.15) is 16.8 Å². The van der Waals surface area contributed by atoms with E-state index >= 15 is 0 Å². The van der Waals surface area contributed by atoms with Crippen molar-refractivity contribution in [2.24, 2.45) is 0 Å². The van der Waals surface area contributed by atoms with Crippen LogP contribution in [-0.4, -0.2) is 16.2 Å². The molecule has 0 aliphatic heterocycles. The van der Waals surface area contributed by atoms with Crippen LogP contribution in [0.3, 0.4) is 0 Å². The highest BCUT2D eigenvalue weighted by Crippen LogP contribution is 2.27. The Morgan fingerprint density at radius 3 is 2.78 bits per heavy atom. The average Bonchev–Trinajstić information content (AvgIpc) is 2.38. The minimum absolute atomic E-state index is 0.464. The summed E-state index contributed by atoms with van der Waals surface area (Å²) in [5.41, 5.74) is 1.03. The molecule has 1 aromatic heterocycles. The molecule has 2 rings (SSSR count). The third kappa shape index (κ3) is 3.15. The number of para-hydroxylation sites is 1. The lowest BCUT2D eigenvalue weighted by Gasteiger charge is -2.10. The van der Waals surface area contributed by atoms with E-state index in [0.29, 0.717) is 5.15 Å². The monoisotopic (exact) mass is 279 g/mol. The molecule has 0 aliphatic rings. The molecule has 94 valence electrons. The molecule has 0 saturated carbocycles. The molecule has 1 aromatic carbocycles. The van der Waals surface area contributed by atoms with Crippen molar-refractivity contribution in [1.29, 1.82) is 0 Å². The van der Waals surface area contributed by atoms with Gasteiger partial charge in [0.05, 0.1) is 5.69 Å². The minimum Gasteiger partial charge on any atom is -0.339 e. The second-order valence-corrected chi connectivity index (χ2v) is 4.91. The number of aryl methyl sites for hydroxylation is 1. The van der Waals surface area contributed by atoms with Crippen molar-refractivity contribution in [2.45, 2.75) is 18.2 Å². The van der Waals surface area contributed by atoms with E-state index < -0.39 is 0 Å². The molecular formula is C13H14ClN3S. The van der Waals surface area contributed by atoms with Gasteiger partial charge in [-0.25, -0.2) is 9.97 Å². The Morgan fingerprint density at radius 2 is 2.06 bits per heavy atom. The molecule has 5 heteroatoms. The lowest BCUT2D eigenvalue weighted by Crippen LogP contribution is -2.00. The smallest absolute Gasteiger partial charge is 0.135 e. The van der Waals surface area contributed by atoms with Gasteiger partial charge in [-0.3, -0.25) is 0 Å². The number of nitrogens with one attached hydrogen (secondary N) is 1. The highest BCUT2D eigenvalue weighted by atomic mass is 35.5. The fourth-order valence-electron chi connectivity index (χ4n) is 1.57. The Bertz CT molecular complexity index is 546. The predicted molar refractivity (Wildman–Crippen MR) is 77.9 cm³/mol. The average molecular weight is 280 g/mol. The molecule has 3 nitrogen and oxygen atoms in total. The van der Waals surface area contributed by atoms with E-state index in [0.717, 1.165) is 23.8 Å². The quantitative estimate of drug-likeness (QED) is 0.674. The summed E-state index contributed by atoms with van der Waals surface area (Å²) in [5, 5.41) is 3.75. The van der Waals surface area contributed by atoms with E-state index in [2.05, 4.69) is 21.4 Å². The number of rotatable bonds is 4. The van der Waals surface area contributed by atoms with Gasteiger partial charge in [0.15, 0.2) is 0 Å². The van der Waals surface area contributed by atoms with E-state index in [-0.39, 0.29) is 0 Å². The third-order valence-corrected chi connectivity index (χ3v) is 3.42. The van der Waals surface area contributed by atoms with E-state index in [1.165, 1.54) is 4.90 Å². The minimum atomic E-state index is 0.464. The number of thioether (sulfide) groups is 1. The largest absolute Gasteiger partial charge is 0.339 e. The first-order valence-corrected chi connectivity index (χ1v) is 7.26. The van der Waals surface area contributed by atoms with Gasteiger partial charge >= 0.3 is 0 Å². The zero-order valence-corrected chi connectivity index (χ0v) is 11.8. The van der Waals surface area contributed by atoms with Crippen LogP contribution in [-0.2, 0) is 6.42 Å². The maximum Gasteiger partial charge on any atom is 0.135 e. The van der Waals surface area contributed by atoms with Gasteiger partial charge in [0.2, 0.25) is 0 Å². The van der Waals surface area contributed by atoms with Crippen molar-refractivity contribution in [3.63, 3.8) is 0 Å². The third-order valence-electron chi connectivity index (χ3n) is 2.43. The van der Waals surface area contributed by atoms with Gasteiger partial charge in [-0.15, -0.1) is 11.8 Å². The van der Waals surface area contributed by atoms with E-state index in [1.807, 2.05) is 31.4 Å². The zero-order valence-electron chi connectivity index (χ0n) is 10.3. The second kappa shape index (κ2) is 6.07. The molecule has 0 bridgehead atoms. The van der Waals surface area contributed by atoms with Crippen molar-refractivity contribution in [3.05, 3.63) is 41.3 Å². The number of nitrogens with zero attached hydrogens (tertiary/aromatic N) is 2. The summed E-state index contributed by atoms with van der Waals surface area (Å²) in [6, 6.07) is 9.83. The van der Waals surface area contributed by atoms with E-state index in [4.69, 9.17) is 11.6 Å². The first-order valence-electron chi connectivity index (χ1n) is 5.66. The van der Waals surface area contributed by atoms with Crippen LogP contribution >= 0.6 is 23.4 Å². The fourth-order valence-corrected chi connectivity index (χ4v) is 2.33. The van der Waals surface area contributed by atoms with Crippen LogP contribution in [0.15, 0.2) is 35.2 Å². The van der Waals surface area contributed by atoms with Crippen LogP contribution in [0.1, 0.15) is 12.7 Å². The highest BCUT2D eigenvalue weighted by Gasteiger charge is 2.05. The molecule has 1 heterocycles. The Hall–Kier alpha value is -1.26. The van der Waals surface area contributed by atoms with E-state index in [9.17, 15) is 0 Å². The summed E-state index contributed by atoms with van der Waals surface area (Å²) in [6.07, 6.45) is 2.81. The fraction of sp³-hybridized carbons (Fsp3) is 0.231. The van der Waals surface area contributed by atoms with Crippen molar-refractivity contribution in [3.8, 4) is 0 Å². The van der Waals surface area contributed by atoms with Crippen molar-refractivity contribution >= 4 is 34.9 Å². The molecule has 0 aliphatic carbocycles. The summed E-state index contributed by atoms with van der Waals surface area (Å²) in [5.74, 6) is 1.47. The molecule has 2 aromatic rings. The summed E-state index contributed by atoms with van der Waals surface area (Å²) >= 11 is 7.66. The lowest BCUT2D eigenvalue weighted by atomic mass is 10.3. The number of halogens is 1. The first-order chi connectivity index (χ1) is 8.72. The van der Waals surface area contributed by atoms with Crippen LogP contribution in [0, 0.1) is 0 Å². The lowest BCUT2D eigenvalue weighted by molar-refractivity contribution is 0.943. The maximum absolute atomic E-state index is 5.97. The Labute approximate surface area is 116 Å². The molecule has 0 unspecified atom stereocenters. The second-order valence-electron chi connectivity index (χ2n) is 3.67. The van der Waals surface area contributed by atoms with Gasteiger partial charge in [-0.1, -0.05) is 30.7 Å². The standard InChI is InChI=1S/C13H14ClN3S/c1-3-12-16-11(14)8-13(17-12)15-9-6-4-5-7-10(9)18-2/h4-8H,3H2,1-2H3,(H,15,16,17). The molecule has 1 N–H and O–H groups in total. The molecule has 0 fully saturated rings. The summed E-state index contributed by atoms with van der Waals surface area (Å²) in [4.78, 5) is 9.72. The van der Waals surface area contributed by atoms with Crippen LogP contribution in [0.4, 0.5) is 11.5 Å². The summed E-state index contributed by atoms with van der Waals surface area (Å²) in [6.45, 7) is 2.01. The maximum atomic E-state index is 5.97. The van der Waals surface area contributed by atoms with Crippen molar-refractivity contribution < 1.29 is 0 Å². The summed E-state index contributed by atoms with van der Waals surface area (Å²) < 4.78 is 0. The Balaban J connectivity index is 2.30. The first kappa shape index (κ1) is 13.2. The van der Waals surface area contributed by atoms with Crippen LogP contribution in [0.25, 0.3) is 0 Å². The molecule has 0 amide bonds. The van der Waals surface area contributed by atoms with Gasteiger partial charge < -0.3 is 5.32 Å². The van der Waals surface area contributed by atoms with Gasteiger partial charge in [0, 0.05) is 17.4 Å². The van der Waals surface area contributed by atoms with Crippen LogP contribution in [0.5, 0.6) is 0 Å². The topological polar surface area (TPSA) is 37.8 Å². The number of hydrogen-bond donors (Lipinski definition) is 1.